The summed E-state index contributed by atoms with van der Waals surface area (Å²) in [4.78, 5) is 64.5. The molecule has 308 valence electrons. The minimum atomic E-state index is -0.479. The molecule has 1 aromatic carbocycles. The first-order valence-electron chi connectivity index (χ1n) is 21.5. The SMILES string of the molecule is CCCCc1nc2c(N)nc3ccccc3c2n1CCCCNC(=O)C1CCC(CN2C(=O)CC(SCC3NC4C5=C\C(=C/C=C\C=C/C=C\C=C5)C4C3=O)C2=O)CC1. The van der Waals surface area contributed by atoms with E-state index < -0.39 is 5.25 Å². The van der Waals surface area contributed by atoms with Gasteiger partial charge in [0.15, 0.2) is 11.6 Å². The van der Waals surface area contributed by atoms with Crippen molar-refractivity contribution >= 4 is 63.0 Å². The number of nitrogens with two attached hydrogens (primary N) is 1. The van der Waals surface area contributed by atoms with Crippen LogP contribution in [0.3, 0.4) is 0 Å². The van der Waals surface area contributed by atoms with E-state index in [1.807, 2.05) is 72.9 Å². The number of hydrogen-bond acceptors (Lipinski definition) is 9. The number of likely N-dealkylation sites (tertiary alicyclic amines) is 1. The number of carbonyl (C=O) groups is 4. The Morgan fingerprint density at radius 3 is 2.54 bits per heavy atom. The number of rotatable bonds is 14. The van der Waals surface area contributed by atoms with Crippen LogP contribution < -0.4 is 16.4 Å². The molecule has 3 fully saturated rings. The number of benzene rings is 1. The summed E-state index contributed by atoms with van der Waals surface area (Å²) in [5.41, 5.74) is 11.1. The molecule has 4 heterocycles. The van der Waals surface area contributed by atoms with Crippen LogP contribution in [0, 0.1) is 17.8 Å². The van der Waals surface area contributed by atoms with Gasteiger partial charge in [-0.05, 0) is 68.1 Å². The summed E-state index contributed by atoms with van der Waals surface area (Å²) in [6.45, 7) is 3.98. The number of nitrogens with zero attached hydrogens (tertiary/aromatic N) is 4. The minimum Gasteiger partial charge on any atom is -0.382 e. The molecular formula is C47H55N7O4S. The number of amides is 3. The number of para-hydroxylation sites is 1. The summed E-state index contributed by atoms with van der Waals surface area (Å²) in [5, 5.41) is 7.30. The van der Waals surface area contributed by atoms with E-state index in [-0.39, 0.29) is 59.8 Å². The number of allylic oxidation sites excluding steroid dienone is 9. The largest absolute Gasteiger partial charge is 0.382 e. The van der Waals surface area contributed by atoms with E-state index in [0.717, 1.165) is 103 Å². The third-order valence-corrected chi connectivity index (χ3v) is 13.8. The molecule has 4 N–H and O–H groups in total. The van der Waals surface area contributed by atoms with E-state index in [2.05, 4.69) is 39.3 Å². The number of thioether (sulfide) groups is 1. The van der Waals surface area contributed by atoms with Crippen molar-refractivity contribution in [1.82, 2.24) is 30.1 Å². The summed E-state index contributed by atoms with van der Waals surface area (Å²) in [7, 11) is 0. The van der Waals surface area contributed by atoms with E-state index in [1.165, 1.54) is 16.7 Å². The molecular weight excluding hydrogens is 759 g/mol. The standard InChI is InChI=1S/C47H55N7O4S/c1-2-3-19-38-52-42-43(34-17-11-12-18-35(34)51-45(42)48)53(38)25-14-13-24-49-46(57)31-22-20-30(21-23-31)28-54-39(55)27-37(47(54)58)59-29-36-44(56)40-32-15-9-7-5-4-6-8-10-16-33(26-32)41(40)50-36/h4-12,15-18,26,30-31,36-37,40-41,50H,2-3,13-14,19-25,27-29H2,1H3,(H2,48,51)(H,49,57)/b5-4-,6-4?,7-5?,8-6-,9-7-,10-8?,15-9?,16-10?,32-15+,33-16?. The fourth-order valence-corrected chi connectivity index (χ4v) is 10.6. The number of imidazole rings is 1. The van der Waals surface area contributed by atoms with Crippen molar-refractivity contribution in [3.05, 3.63) is 102 Å². The van der Waals surface area contributed by atoms with Crippen LogP contribution in [-0.2, 0) is 32.1 Å². The summed E-state index contributed by atoms with van der Waals surface area (Å²) >= 11 is 1.42. The number of nitrogen functional groups attached to an aromatic ring is 1. The first-order valence-corrected chi connectivity index (χ1v) is 22.5. The zero-order chi connectivity index (χ0) is 40.9. The number of anilines is 1. The zero-order valence-corrected chi connectivity index (χ0v) is 34.7. The van der Waals surface area contributed by atoms with Gasteiger partial charge in [-0.3, -0.25) is 29.4 Å². The summed E-state index contributed by atoms with van der Waals surface area (Å²) in [6, 6.07) is 7.58. The molecule has 3 aromatic rings. The third-order valence-electron chi connectivity index (χ3n) is 12.5. The van der Waals surface area contributed by atoms with Gasteiger partial charge in [0.05, 0.1) is 28.2 Å². The average Bonchev–Trinajstić information content (AvgIpc) is 3.96. The Labute approximate surface area is 350 Å². The molecule has 2 bridgehead atoms. The number of ketones is 1. The van der Waals surface area contributed by atoms with Crippen molar-refractivity contribution in [3.8, 4) is 0 Å². The highest BCUT2D eigenvalue weighted by Crippen LogP contribution is 2.39. The second-order valence-electron chi connectivity index (χ2n) is 16.5. The van der Waals surface area contributed by atoms with E-state index in [0.29, 0.717) is 24.7 Å². The molecule has 3 amide bonds. The molecule has 1 saturated carbocycles. The molecule has 2 saturated heterocycles. The highest BCUT2D eigenvalue weighted by Gasteiger charge is 2.48. The van der Waals surface area contributed by atoms with Crippen LogP contribution in [0.4, 0.5) is 5.82 Å². The maximum atomic E-state index is 13.6. The smallest absolute Gasteiger partial charge is 0.242 e. The molecule has 11 nitrogen and oxygen atoms in total. The lowest BCUT2D eigenvalue weighted by Crippen LogP contribution is -2.39. The van der Waals surface area contributed by atoms with Crippen molar-refractivity contribution in [2.75, 3.05) is 24.6 Å². The molecule has 12 heteroatoms. The van der Waals surface area contributed by atoms with Crippen LogP contribution in [-0.4, -0.2) is 79.1 Å². The van der Waals surface area contributed by atoms with Crippen LogP contribution >= 0.6 is 11.8 Å². The minimum absolute atomic E-state index is 0.0575. The molecule has 0 spiro atoms. The van der Waals surface area contributed by atoms with E-state index in [1.54, 1.807) is 0 Å². The molecule has 2 aromatic heterocycles. The van der Waals surface area contributed by atoms with Crippen LogP contribution in [0.5, 0.6) is 0 Å². The molecule has 2 aliphatic heterocycles. The van der Waals surface area contributed by atoms with E-state index >= 15 is 0 Å². The molecule has 3 aliphatic carbocycles. The lowest BCUT2D eigenvalue weighted by atomic mass is 9.81. The van der Waals surface area contributed by atoms with Gasteiger partial charge in [0.25, 0.3) is 0 Å². The summed E-state index contributed by atoms with van der Waals surface area (Å²) in [5.74, 6) is 1.74. The number of aromatic nitrogens is 3. The topological polar surface area (TPSA) is 152 Å². The zero-order valence-electron chi connectivity index (χ0n) is 33.9. The van der Waals surface area contributed by atoms with Crippen molar-refractivity contribution in [1.29, 1.82) is 0 Å². The maximum absolute atomic E-state index is 13.6. The first kappa shape index (κ1) is 40.7. The molecule has 4 atom stereocenters. The van der Waals surface area contributed by atoms with Crippen molar-refractivity contribution in [2.24, 2.45) is 17.8 Å². The van der Waals surface area contributed by atoms with Crippen molar-refractivity contribution in [3.63, 3.8) is 0 Å². The Morgan fingerprint density at radius 2 is 1.73 bits per heavy atom. The molecule has 59 heavy (non-hydrogen) atoms. The van der Waals surface area contributed by atoms with E-state index in [4.69, 9.17) is 10.7 Å². The number of imide groups is 1. The van der Waals surface area contributed by atoms with Crippen LogP contribution in [0.1, 0.15) is 70.5 Å². The number of hydrogen-bond donors (Lipinski definition) is 3. The van der Waals surface area contributed by atoms with Crippen LogP contribution in [0.2, 0.25) is 0 Å². The fraction of sp³-hybridized carbons (Fsp3) is 0.447. The maximum Gasteiger partial charge on any atom is 0.242 e. The van der Waals surface area contributed by atoms with Gasteiger partial charge in [-0.2, -0.15) is 0 Å². The number of pyridine rings is 1. The first-order chi connectivity index (χ1) is 28.8. The van der Waals surface area contributed by atoms with Gasteiger partial charge in [-0.25, -0.2) is 9.97 Å². The number of Topliss-reactive ketones (excluding diaryl/α,β-unsaturated/α-hetero) is 1. The lowest BCUT2D eigenvalue weighted by molar-refractivity contribution is -0.139. The van der Waals surface area contributed by atoms with Crippen LogP contribution in [0.25, 0.3) is 21.9 Å². The molecule has 5 aliphatic rings. The van der Waals surface area contributed by atoms with Gasteiger partial charge in [0.1, 0.15) is 11.3 Å². The van der Waals surface area contributed by atoms with Gasteiger partial charge in [0, 0.05) is 55.6 Å². The Morgan fingerprint density at radius 1 is 0.949 bits per heavy atom. The van der Waals surface area contributed by atoms with Gasteiger partial charge in [0.2, 0.25) is 17.7 Å². The Balaban J connectivity index is 0.777. The van der Waals surface area contributed by atoms with Crippen molar-refractivity contribution < 1.29 is 19.2 Å². The number of unbranched alkanes of at least 4 members (excludes halogenated alkanes) is 2. The fourth-order valence-electron chi connectivity index (χ4n) is 9.36. The second-order valence-corrected chi connectivity index (χ2v) is 17.7. The van der Waals surface area contributed by atoms with Crippen LogP contribution in [0.15, 0.2) is 96.2 Å². The Bertz CT molecular complexity index is 2290. The Kier molecular flexibility index (Phi) is 12.7. The molecule has 4 unspecified atom stereocenters. The summed E-state index contributed by atoms with van der Waals surface area (Å²) in [6.07, 6.45) is 27.9. The van der Waals surface area contributed by atoms with Gasteiger partial charge in [-0.1, -0.05) is 92.3 Å². The van der Waals surface area contributed by atoms with Gasteiger partial charge in [-0.15, -0.1) is 11.8 Å². The molecule has 8 rings (SSSR count). The predicted octanol–water partition coefficient (Wildman–Crippen LogP) is 6.70. The normalized spacial score (nSPS) is 27.9. The number of fused-ring (bicyclic) bond motifs is 7. The third kappa shape index (κ3) is 8.80. The molecule has 0 radical (unpaired) electrons. The highest BCUT2D eigenvalue weighted by molar-refractivity contribution is 8.00. The van der Waals surface area contributed by atoms with E-state index in [9.17, 15) is 19.2 Å². The second kappa shape index (κ2) is 18.5. The number of nitrogens with one attached hydrogen (secondary N) is 2. The number of aryl methyl sites for hydroxylation is 2. The number of carbonyl (C=O) groups excluding carboxylic acids is 4. The van der Waals surface area contributed by atoms with Gasteiger partial charge < -0.3 is 15.6 Å². The lowest BCUT2D eigenvalue weighted by Gasteiger charge is -2.30. The Hall–Kier alpha value is -5.07. The predicted molar refractivity (Wildman–Crippen MR) is 235 cm³/mol. The highest BCUT2D eigenvalue weighted by atomic mass is 32.2. The average molecular weight is 814 g/mol. The van der Waals surface area contributed by atoms with Crippen molar-refractivity contribution in [2.45, 2.75) is 95.0 Å². The quantitative estimate of drug-likeness (QED) is 0.119. The summed E-state index contributed by atoms with van der Waals surface area (Å²) < 4.78 is 2.31. The monoisotopic (exact) mass is 813 g/mol. The van der Waals surface area contributed by atoms with Gasteiger partial charge >= 0.3 is 0 Å².